The van der Waals surface area contributed by atoms with Crippen molar-refractivity contribution in [3.8, 4) is 56.0 Å². The molecule has 0 atom stereocenters. The summed E-state index contributed by atoms with van der Waals surface area (Å²) >= 11 is 0. The standard InChI is InChI=1S/C49H31N3/c1-4-12-32(13-5-1)41-31-45(35-16-8-3-9-17-35)52-49-42(30-39-18-10-11-19-40(39)46(41)49)33-20-22-36(23-21-33)44-29-27-38-25-24-37-26-28-43(34-14-6-2-7-15-34)50-47(37)48(38)51-44/h1-31H. The first-order valence-electron chi connectivity index (χ1n) is 17.6. The molecule has 3 heteroatoms. The lowest BCUT2D eigenvalue weighted by atomic mass is 9.90. The summed E-state index contributed by atoms with van der Waals surface area (Å²) in [6.07, 6.45) is 0. The Bertz CT molecular complexity index is 2920. The molecule has 0 saturated heterocycles. The van der Waals surface area contributed by atoms with Gasteiger partial charge in [-0.15, -0.1) is 0 Å². The van der Waals surface area contributed by atoms with E-state index < -0.39 is 0 Å². The van der Waals surface area contributed by atoms with Crippen LogP contribution < -0.4 is 0 Å². The predicted octanol–water partition coefficient (Wildman–Crippen LogP) is 12.8. The molecule has 242 valence electrons. The molecule has 0 unspecified atom stereocenters. The van der Waals surface area contributed by atoms with Gasteiger partial charge in [-0.05, 0) is 51.7 Å². The predicted molar refractivity (Wildman–Crippen MR) is 217 cm³/mol. The average Bonchev–Trinajstić information content (AvgIpc) is 3.23. The van der Waals surface area contributed by atoms with E-state index in [0.717, 1.165) is 77.6 Å². The van der Waals surface area contributed by atoms with Crippen LogP contribution in [0.2, 0.25) is 0 Å². The summed E-state index contributed by atoms with van der Waals surface area (Å²) < 4.78 is 0. The fraction of sp³-hybridized carbons (Fsp3) is 0. The van der Waals surface area contributed by atoms with Gasteiger partial charge in [0.15, 0.2) is 0 Å². The number of benzene rings is 7. The summed E-state index contributed by atoms with van der Waals surface area (Å²) in [4.78, 5) is 15.7. The highest BCUT2D eigenvalue weighted by Gasteiger charge is 2.17. The second-order valence-electron chi connectivity index (χ2n) is 13.2. The minimum Gasteiger partial charge on any atom is -0.247 e. The van der Waals surface area contributed by atoms with Gasteiger partial charge >= 0.3 is 0 Å². The minimum atomic E-state index is 0.906. The molecule has 10 rings (SSSR count). The maximum atomic E-state index is 5.41. The van der Waals surface area contributed by atoms with Crippen LogP contribution in [-0.2, 0) is 0 Å². The Labute approximate surface area is 301 Å². The molecular formula is C49H31N3. The van der Waals surface area contributed by atoms with Gasteiger partial charge in [0, 0.05) is 38.4 Å². The van der Waals surface area contributed by atoms with Crippen LogP contribution in [0.1, 0.15) is 0 Å². The zero-order chi connectivity index (χ0) is 34.4. The second kappa shape index (κ2) is 12.4. The zero-order valence-electron chi connectivity index (χ0n) is 28.2. The Hall–Kier alpha value is -6.97. The van der Waals surface area contributed by atoms with Crippen molar-refractivity contribution < 1.29 is 0 Å². The molecule has 0 spiro atoms. The van der Waals surface area contributed by atoms with Gasteiger partial charge in [0.2, 0.25) is 0 Å². The quantitative estimate of drug-likeness (QED) is 0.172. The maximum absolute atomic E-state index is 5.41. The van der Waals surface area contributed by atoms with Crippen LogP contribution in [0.5, 0.6) is 0 Å². The topological polar surface area (TPSA) is 38.7 Å². The third-order valence-electron chi connectivity index (χ3n) is 10.0. The largest absolute Gasteiger partial charge is 0.247 e. The number of pyridine rings is 3. The van der Waals surface area contributed by atoms with Gasteiger partial charge in [-0.25, -0.2) is 15.0 Å². The summed E-state index contributed by atoms with van der Waals surface area (Å²) in [5.41, 5.74) is 13.4. The molecule has 0 aliphatic rings. The zero-order valence-corrected chi connectivity index (χ0v) is 28.2. The highest BCUT2D eigenvalue weighted by molar-refractivity contribution is 6.18. The lowest BCUT2D eigenvalue weighted by Gasteiger charge is -2.17. The third kappa shape index (κ3) is 5.19. The Morgan fingerprint density at radius 1 is 0.269 bits per heavy atom. The van der Waals surface area contributed by atoms with Gasteiger partial charge in [-0.1, -0.05) is 164 Å². The summed E-state index contributed by atoms with van der Waals surface area (Å²) in [6, 6.07) is 66.2. The second-order valence-corrected chi connectivity index (χ2v) is 13.2. The van der Waals surface area contributed by atoms with Crippen LogP contribution in [-0.4, -0.2) is 15.0 Å². The molecule has 0 bridgehead atoms. The van der Waals surface area contributed by atoms with Crippen LogP contribution in [0.15, 0.2) is 188 Å². The van der Waals surface area contributed by atoms with E-state index in [-0.39, 0.29) is 0 Å². The number of rotatable bonds is 5. The summed E-state index contributed by atoms with van der Waals surface area (Å²) in [5.74, 6) is 0. The van der Waals surface area contributed by atoms with Gasteiger partial charge in [-0.3, -0.25) is 0 Å². The molecule has 3 aromatic heterocycles. The molecule has 0 amide bonds. The van der Waals surface area contributed by atoms with Gasteiger partial charge < -0.3 is 0 Å². The highest BCUT2D eigenvalue weighted by atomic mass is 14.8. The highest BCUT2D eigenvalue weighted by Crippen LogP contribution is 2.41. The summed E-state index contributed by atoms with van der Waals surface area (Å²) in [6.45, 7) is 0. The van der Waals surface area contributed by atoms with E-state index >= 15 is 0 Å². The Kier molecular flexibility index (Phi) is 7.14. The van der Waals surface area contributed by atoms with Crippen molar-refractivity contribution in [3.05, 3.63) is 188 Å². The molecule has 7 aromatic carbocycles. The summed E-state index contributed by atoms with van der Waals surface area (Å²) in [5, 5.41) is 5.69. The Balaban J connectivity index is 1.14. The normalized spacial score (nSPS) is 11.5. The summed E-state index contributed by atoms with van der Waals surface area (Å²) in [7, 11) is 0. The van der Waals surface area contributed by atoms with Gasteiger partial charge in [0.25, 0.3) is 0 Å². The molecule has 0 N–H and O–H groups in total. The molecular weight excluding hydrogens is 631 g/mol. The molecule has 3 heterocycles. The Morgan fingerprint density at radius 2 is 0.712 bits per heavy atom. The molecule has 0 saturated carbocycles. The van der Waals surface area contributed by atoms with Crippen molar-refractivity contribution >= 4 is 43.5 Å². The number of aromatic nitrogens is 3. The van der Waals surface area contributed by atoms with Crippen LogP contribution in [0, 0.1) is 0 Å². The number of hydrogen-bond acceptors (Lipinski definition) is 3. The number of hydrogen-bond donors (Lipinski definition) is 0. The number of fused-ring (bicyclic) bond motifs is 6. The SMILES string of the molecule is c1ccc(-c2cc(-c3ccccc3)c3c(n2)c(-c2ccc(-c4ccc5ccc6ccc(-c7ccccc7)nc6c5n4)cc2)cc2ccccc23)cc1. The van der Waals surface area contributed by atoms with Gasteiger partial charge in [-0.2, -0.15) is 0 Å². The van der Waals surface area contributed by atoms with Crippen LogP contribution >= 0.6 is 0 Å². The fourth-order valence-corrected chi connectivity index (χ4v) is 7.43. The molecule has 0 aliphatic heterocycles. The number of nitrogens with zero attached hydrogens (tertiary/aromatic N) is 3. The van der Waals surface area contributed by atoms with Crippen LogP contribution in [0.25, 0.3) is 99.5 Å². The van der Waals surface area contributed by atoms with Crippen molar-refractivity contribution in [2.75, 3.05) is 0 Å². The van der Waals surface area contributed by atoms with E-state index in [1.54, 1.807) is 0 Å². The van der Waals surface area contributed by atoms with Crippen molar-refractivity contribution in [1.29, 1.82) is 0 Å². The van der Waals surface area contributed by atoms with Crippen molar-refractivity contribution in [2.45, 2.75) is 0 Å². The minimum absolute atomic E-state index is 0.906. The van der Waals surface area contributed by atoms with Crippen molar-refractivity contribution in [3.63, 3.8) is 0 Å². The third-order valence-corrected chi connectivity index (χ3v) is 10.0. The van der Waals surface area contributed by atoms with E-state index in [9.17, 15) is 0 Å². The molecule has 0 aliphatic carbocycles. The molecule has 10 aromatic rings. The molecule has 0 radical (unpaired) electrons. The van der Waals surface area contributed by atoms with E-state index in [2.05, 4.69) is 170 Å². The van der Waals surface area contributed by atoms with Crippen LogP contribution in [0.4, 0.5) is 0 Å². The average molecular weight is 662 g/mol. The van der Waals surface area contributed by atoms with E-state index in [1.165, 1.54) is 21.9 Å². The lowest BCUT2D eigenvalue weighted by molar-refractivity contribution is 1.36. The van der Waals surface area contributed by atoms with E-state index in [0.29, 0.717) is 0 Å². The monoisotopic (exact) mass is 661 g/mol. The fourth-order valence-electron chi connectivity index (χ4n) is 7.43. The van der Waals surface area contributed by atoms with E-state index in [4.69, 9.17) is 15.0 Å². The first-order chi connectivity index (χ1) is 25.8. The first kappa shape index (κ1) is 29.9. The van der Waals surface area contributed by atoms with Crippen LogP contribution in [0.3, 0.4) is 0 Å². The molecule has 3 nitrogen and oxygen atoms in total. The van der Waals surface area contributed by atoms with Crippen molar-refractivity contribution in [1.82, 2.24) is 15.0 Å². The van der Waals surface area contributed by atoms with Gasteiger partial charge in [0.05, 0.1) is 33.6 Å². The van der Waals surface area contributed by atoms with Crippen molar-refractivity contribution in [2.24, 2.45) is 0 Å². The maximum Gasteiger partial charge on any atom is 0.0972 e. The lowest BCUT2D eigenvalue weighted by Crippen LogP contribution is -1.94. The smallest absolute Gasteiger partial charge is 0.0972 e. The Morgan fingerprint density at radius 3 is 1.33 bits per heavy atom. The molecule has 0 fully saturated rings. The molecule has 52 heavy (non-hydrogen) atoms. The van der Waals surface area contributed by atoms with E-state index in [1.807, 2.05) is 18.2 Å². The van der Waals surface area contributed by atoms with Gasteiger partial charge in [0.1, 0.15) is 0 Å². The first-order valence-corrected chi connectivity index (χ1v) is 17.6.